The fraction of sp³-hybridized carbons (Fsp3) is 0.200. The molecule has 2 aromatic heterocycles. The van der Waals surface area contributed by atoms with Crippen LogP contribution in [0.2, 0.25) is 0 Å². The predicted octanol–water partition coefficient (Wildman–Crippen LogP) is 0.686. The monoisotopic (exact) mass is 358 g/mol. The van der Waals surface area contributed by atoms with Crippen LogP contribution in [0.1, 0.15) is 28.2 Å². The Morgan fingerprint density at radius 3 is 2.85 bits per heavy atom. The molecule has 0 spiro atoms. The first kappa shape index (κ1) is 17.2. The molecule has 0 aliphatic rings. The van der Waals surface area contributed by atoms with Gasteiger partial charge in [-0.2, -0.15) is 10.1 Å². The summed E-state index contributed by atoms with van der Waals surface area (Å²) >= 11 is 0. The zero-order valence-corrected chi connectivity index (χ0v) is 13.3. The van der Waals surface area contributed by atoms with Crippen molar-refractivity contribution >= 4 is 11.6 Å². The van der Waals surface area contributed by atoms with Crippen LogP contribution < -0.4 is 5.32 Å². The molecule has 26 heavy (non-hydrogen) atoms. The van der Waals surface area contributed by atoms with E-state index in [1.165, 1.54) is 10.9 Å². The number of carbonyl (C=O) groups excluding carboxylic acids is 1. The molecule has 1 amide bonds. The molecule has 2 heterocycles. The second kappa shape index (κ2) is 7.53. The molecule has 0 saturated carbocycles. The van der Waals surface area contributed by atoms with Crippen LogP contribution in [0.25, 0.3) is 0 Å². The average Bonchev–Trinajstić information content (AvgIpc) is 3.30. The van der Waals surface area contributed by atoms with Gasteiger partial charge in [0.05, 0.1) is 11.0 Å². The molecule has 0 bridgehead atoms. The van der Waals surface area contributed by atoms with Gasteiger partial charge in [0, 0.05) is 6.54 Å². The number of nitrogens with zero attached hydrogens (tertiary/aromatic N) is 5. The van der Waals surface area contributed by atoms with E-state index in [4.69, 9.17) is 4.52 Å². The van der Waals surface area contributed by atoms with E-state index in [1.54, 1.807) is 24.3 Å². The minimum absolute atomic E-state index is 0.0112. The standard InChI is InChI=1S/C15H14N6O5/c22-12(10-4-2-1-3-5-10)7-16-14(23)15-18-13(19-26-15)9-20-8-11(6-17-20)21(24)25/h1-6,8,12,22H,7,9H2,(H,16,23)/t12-/m1/s1. The van der Waals surface area contributed by atoms with Gasteiger partial charge < -0.3 is 14.9 Å². The first-order chi connectivity index (χ1) is 12.5. The highest BCUT2D eigenvalue weighted by Gasteiger charge is 2.18. The lowest BCUT2D eigenvalue weighted by Gasteiger charge is -2.10. The summed E-state index contributed by atoms with van der Waals surface area (Å²) in [6.45, 7) is -0.0107. The number of aromatic nitrogens is 4. The summed E-state index contributed by atoms with van der Waals surface area (Å²) in [5, 5.41) is 30.6. The Labute approximate surface area is 146 Å². The summed E-state index contributed by atoms with van der Waals surface area (Å²) in [6.07, 6.45) is 1.44. The third kappa shape index (κ3) is 4.08. The van der Waals surface area contributed by atoms with Crippen LogP contribution in [0.4, 0.5) is 5.69 Å². The second-order valence-corrected chi connectivity index (χ2v) is 5.31. The molecular weight excluding hydrogens is 344 g/mol. The SMILES string of the molecule is O=C(NC[C@@H](O)c1ccccc1)c1nc(Cn2cc([N+](=O)[O-])cn2)no1. The van der Waals surface area contributed by atoms with Gasteiger partial charge in [-0.15, -0.1) is 0 Å². The van der Waals surface area contributed by atoms with E-state index in [1.807, 2.05) is 6.07 Å². The van der Waals surface area contributed by atoms with E-state index in [9.17, 15) is 20.0 Å². The Kier molecular flexibility index (Phi) is 4.99. The van der Waals surface area contributed by atoms with Gasteiger partial charge in [0.25, 0.3) is 0 Å². The number of hydrogen-bond donors (Lipinski definition) is 2. The van der Waals surface area contributed by atoms with E-state index in [0.717, 1.165) is 6.20 Å². The Hall–Kier alpha value is -3.60. The molecular formula is C15H14N6O5. The van der Waals surface area contributed by atoms with Crippen molar-refractivity contribution in [2.75, 3.05) is 6.54 Å². The topological polar surface area (TPSA) is 149 Å². The summed E-state index contributed by atoms with van der Waals surface area (Å²) < 4.78 is 6.11. The molecule has 11 nitrogen and oxygen atoms in total. The van der Waals surface area contributed by atoms with Crippen LogP contribution in [0.5, 0.6) is 0 Å². The van der Waals surface area contributed by atoms with Crippen molar-refractivity contribution in [3.8, 4) is 0 Å². The molecule has 0 saturated heterocycles. The Morgan fingerprint density at radius 2 is 2.15 bits per heavy atom. The predicted molar refractivity (Wildman–Crippen MR) is 86.0 cm³/mol. The summed E-state index contributed by atoms with van der Waals surface area (Å²) in [4.78, 5) is 26.0. The largest absolute Gasteiger partial charge is 0.387 e. The minimum Gasteiger partial charge on any atom is -0.387 e. The number of nitrogens with one attached hydrogen (secondary N) is 1. The maximum absolute atomic E-state index is 12.0. The molecule has 1 aromatic carbocycles. The van der Waals surface area contributed by atoms with Crippen molar-refractivity contribution in [1.82, 2.24) is 25.2 Å². The van der Waals surface area contributed by atoms with Crippen molar-refractivity contribution in [2.24, 2.45) is 0 Å². The van der Waals surface area contributed by atoms with Crippen molar-refractivity contribution in [3.05, 3.63) is 70.1 Å². The number of amides is 1. The first-order valence-electron chi connectivity index (χ1n) is 7.53. The fourth-order valence-corrected chi connectivity index (χ4v) is 2.15. The van der Waals surface area contributed by atoms with Gasteiger partial charge in [0.2, 0.25) is 0 Å². The molecule has 11 heteroatoms. The molecule has 0 unspecified atom stereocenters. The van der Waals surface area contributed by atoms with Crippen LogP contribution in [0, 0.1) is 10.1 Å². The number of benzene rings is 1. The molecule has 2 N–H and O–H groups in total. The smallest absolute Gasteiger partial charge is 0.316 e. The molecule has 0 aliphatic carbocycles. The maximum atomic E-state index is 12.0. The molecule has 0 aliphatic heterocycles. The molecule has 0 fully saturated rings. The van der Waals surface area contributed by atoms with Crippen molar-refractivity contribution in [1.29, 1.82) is 0 Å². The number of aliphatic hydroxyl groups excluding tert-OH is 1. The van der Waals surface area contributed by atoms with Gasteiger partial charge in [-0.25, -0.2) is 0 Å². The molecule has 3 aromatic rings. The van der Waals surface area contributed by atoms with Crippen LogP contribution >= 0.6 is 0 Å². The van der Waals surface area contributed by atoms with Crippen LogP contribution in [0.3, 0.4) is 0 Å². The zero-order chi connectivity index (χ0) is 18.5. The third-order valence-electron chi connectivity index (χ3n) is 3.44. The van der Waals surface area contributed by atoms with Gasteiger partial charge in [-0.05, 0) is 5.56 Å². The van der Waals surface area contributed by atoms with Crippen molar-refractivity contribution < 1.29 is 19.3 Å². The van der Waals surface area contributed by atoms with Gasteiger partial charge in [-0.3, -0.25) is 19.6 Å². The minimum atomic E-state index is -0.868. The molecule has 134 valence electrons. The van der Waals surface area contributed by atoms with Crippen molar-refractivity contribution in [3.63, 3.8) is 0 Å². The number of hydrogen-bond acceptors (Lipinski definition) is 8. The third-order valence-corrected chi connectivity index (χ3v) is 3.44. The van der Waals surface area contributed by atoms with E-state index < -0.39 is 16.9 Å². The Balaban J connectivity index is 1.56. The Morgan fingerprint density at radius 1 is 1.38 bits per heavy atom. The average molecular weight is 358 g/mol. The molecule has 1 atom stereocenters. The van der Waals surface area contributed by atoms with Gasteiger partial charge in [-0.1, -0.05) is 35.5 Å². The van der Waals surface area contributed by atoms with Crippen LogP contribution in [0.15, 0.2) is 47.2 Å². The quantitative estimate of drug-likeness (QED) is 0.462. The highest BCUT2D eigenvalue weighted by molar-refractivity contribution is 5.89. The van der Waals surface area contributed by atoms with Gasteiger partial charge in [0.15, 0.2) is 5.82 Å². The number of nitro groups is 1. The van der Waals surface area contributed by atoms with Crippen molar-refractivity contribution in [2.45, 2.75) is 12.6 Å². The summed E-state index contributed by atoms with van der Waals surface area (Å²) in [7, 11) is 0. The molecule has 3 rings (SSSR count). The van der Waals surface area contributed by atoms with Crippen LogP contribution in [-0.2, 0) is 6.54 Å². The van der Waals surface area contributed by atoms with E-state index in [2.05, 4.69) is 20.6 Å². The maximum Gasteiger partial charge on any atom is 0.316 e. The highest BCUT2D eigenvalue weighted by atomic mass is 16.6. The summed E-state index contributed by atoms with van der Waals surface area (Å²) in [5.41, 5.74) is 0.501. The van der Waals surface area contributed by atoms with Gasteiger partial charge >= 0.3 is 17.5 Å². The normalized spacial score (nSPS) is 11.9. The van der Waals surface area contributed by atoms with E-state index in [0.29, 0.717) is 5.56 Å². The summed E-state index contributed by atoms with van der Waals surface area (Å²) in [5.74, 6) is -0.774. The number of aliphatic hydroxyl groups is 1. The van der Waals surface area contributed by atoms with Gasteiger partial charge in [0.1, 0.15) is 18.9 Å². The lowest BCUT2D eigenvalue weighted by atomic mass is 10.1. The zero-order valence-electron chi connectivity index (χ0n) is 13.3. The first-order valence-corrected chi connectivity index (χ1v) is 7.53. The lowest BCUT2D eigenvalue weighted by molar-refractivity contribution is -0.385. The second-order valence-electron chi connectivity index (χ2n) is 5.31. The number of rotatable bonds is 7. The highest BCUT2D eigenvalue weighted by Crippen LogP contribution is 2.11. The van der Waals surface area contributed by atoms with E-state index in [-0.39, 0.29) is 30.5 Å². The lowest BCUT2D eigenvalue weighted by Crippen LogP contribution is -2.28. The number of carbonyl (C=O) groups is 1. The van der Waals surface area contributed by atoms with Crippen LogP contribution in [-0.4, -0.2) is 42.4 Å². The fourth-order valence-electron chi connectivity index (χ4n) is 2.15. The summed E-state index contributed by atoms with van der Waals surface area (Å²) in [6, 6.07) is 8.87. The van der Waals surface area contributed by atoms with E-state index >= 15 is 0 Å². The molecule has 0 radical (unpaired) electrons. The Bertz CT molecular complexity index is 906.